The predicted octanol–water partition coefficient (Wildman–Crippen LogP) is 4.08. The van der Waals surface area contributed by atoms with Crippen LogP contribution in [-0.4, -0.2) is 39.6 Å². The Hall–Kier alpha value is -3.28. The molecule has 4 N–H and O–H groups in total. The number of benzene rings is 1. The topological polar surface area (TPSA) is 90.0 Å². The highest BCUT2D eigenvalue weighted by Gasteiger charge is 2.61. The van der Waals surface area contributed by atoms with Crippen LogP contribution in [0.1, 0.15) is 41.6 Å². The molecule has 3 heterocycles. The summed E-state index contributed by atoms with van der Waals surface area (Å²) in [7, 11) is 0. The SMILES string of the molecule is CC(c1cccc(C2=CNC(C(F)(F)F)C=C2)c1)c1n[nH]c2c1C(O)(C(F)(F)F)CC(=O)N2. The van der Waals surface area contributed by atoms with E-state index in [4.69, 9.17) is 0 Å². The summed E-state index contributed by atoms with van der Waals surface area (Å²) in [6, 6.07) is 4.69. The van der Waals surface area contributed by atoms with E-state index in [0.717, 1.165) is 6.08 Å². The third-order valence-electron chi connectivity index (χ3n) is 5.73. The Morgan fingerprint density at radius 2 is 1.94 bits per heavy atom. The average molecular weight is 472 g/mol. The van der Waals surface area contributed by atoms with Crippen LogP contribution < -0.4 is 10.6 Å². The number of aromatic amines is 1. The van der Waals surface area contributed by atoms with Gasteiger partial charge in [-0.1, -0.05) is 43.3 Å². The zero-order valence-corrected chi connectivity index (χ0v) is 17.0. The molecule has 6 nitrogen and oxygen atoms in total. The predicted molar refractivity (Wildman–Crippen MR) is 106 cm³/mol. The molecule has 2 aromatic rings. The van der Waals surface area contributed by atoms with E-state index in [0.29, 0.717) is 16.7 Å². The van der Waals surface area contributed by atoms with Gasteiger partial charge in [0.05, 0.1) is 17.7 Å². The van der Waals surface area contributed by atoms with Crippen LogP contribution in [0, 0.1) is 0 Å². The first-order valence-corrected chi connectivity index (χ1v) is 9.80. The largest absolute Gasteiger partial charge is 0.422 e. The number of alkyl halides is 6. The fraction of sp³-hybridized carbons (Fsp3) is 0.333. The van der Waals surface area contributed by atoms with Crippen LogP contribution >= 0.6 is 0 Å². The van der Waals surface area contributed by atoms with Gasteiger partial charge in [-0.3, -0.25) is 9.89 Å². The molecule has 0 fully saturated rings. The zero-order chi connectivity index (χ0) is 24.2. The number of fused-ring (bicyclic) bond motifs is 1. The fourth-order valence-corrected chi connectivity index (χ4v) is 3.94. The Morgan fingerprint density at radius 1 is 1.21 bits per heavy atom. The smallest absolute Gasteiger partial charge is 0.376 e. The van der Waals surface area contributed by atoms with Gasteiger partial charge >= 0.3 is 12.4 Å². The van der Waals surface area contributed by atoms with Gasteiger partial charge in [-0.25, -0.2) is 0 Å². The van der Waals surface area contributed by atoms with Crippen LogP contribution in [0.4, 0.5) is 32.2 Å². The Morgan fingerprint density at radius 3 is 2.55 bits per heavy atom. The Balaban J connectivity index is 1.68. The van der Waals surface area contributed by atoms with Gasteiger partial charge in [0.1, 0.15) is 11.9 Å². The minimum Gasteiger partial charge on any atom is -0.376 e. The van der Waals surface area contributed by atoms with E-state index in [9.17, 15) is 36.2 Å². The molecule has 2 aliphatic heterocycles. The number of nitrogens with zero attached hydrogens (tertiary/aromatic N) is 1. The van der Waals surface area contributed by atoms with Crippen molar-refractivity contribution in [2.75, 3.05) is 5.32 Å². The van der Waals surface area contributed by atoms with Crippen molar-refractivity contribution in [2.45, 2.75) is 43.3 Å². The number of hydrogen-bond donors (Lipinski definition) is 4. The van der Waals surface area contributed by atoms with Crippen LogP contribution in [0.5, 0.6) is 0 Å². The molecule has 0 radical (unpaired) electrons. The molecule has 0 aliphatic carbocycles. The number of carbonyl (C=O) groups excluding carboxylic acids is 1. The number of nitrogens with one attached hydrogen (secondary N) is 3. The summed E-state index contributed by atoms with van der Waals surface area (Å²) >= 11 is 0. The van der Waals surface area contributed by atoms with Gasteiger partial charge in [-0.2, -0.15) is 31.4 Å². The molecule has 33 heavy (non-hydrogen) atoms. The van der Waals surface area contributed by atoms with Gasteiger partial charge in [0.15, 0.2) is 5.60 Å². The number of allylic oxidation sites excluding steroid dienone is 2. The Kier molecular flexibility index (Phi) is 5.31. The van der Waals surface area contributed by atoms with Crippen molar-refractivity contribution in [3.05, 3.63) is 65.0 Å². The molecule has 3 atom stereocenters. The number of halogens is 6. The summed E-state index contributed by atoms with van der Waals surface area (Å²) in [4.78, 5) is 11.7. The lowest BCUT2D eigenvalue weighted by molar-refractivity contribution is -0.267. The van der Waals surface area contributed by atoms with Crippen LogP contribution in [0.2, 0.25) is 0 Å². The minimum absolute atomic E-state index is 0.106. The lowest BCUT2D eigenvalue weighted by Crippen LogP contribution is -2.48. The molecule has 12 heteroatoms. The summed E-state index contributed by atoms with van der Waals surface area (Å²) < 4.78 is 79.7. The number of dihydropyridines is 1. The summed E-state index contributed by atoms with van der Waals surface area (Å²) in [5, 5.41) is 21.3. The first kappa shape index (κ1) is 22.9. The van der Waals surface area contributed by atoms with E-state index in [1.807, 2.05) is 0 Å². The lowest BCUT2D eigenvalue weighted by Gasteiger charge is -2.34. The van der Waals surface area contributed by atoms with Crippen LogP contribution in [0.3, 0.4) is 0 Å². The zero-order valence-electron chi connectivity index (χ0n) is 17.0. The highest BCUT2D eigenvalue weighted by atomic mass is 19.4. The first-order chi connectivity index (χ1) is 15.3. The third-order valence-corrected chi connectivity index (χ3v) is 5.73. The van der Waals surface area contributed by atoms with Crippen LogP contribution in [-0.2, 0) is 10.4 Å². The number of amides is 1. The number of aliphatic hydroxyl groups is 1. The molecule has 176 valence electrons. The maximum Gasteiger partial charge on any atom is 0.422 e. The fourth-order valence-electron chi connectivity index (χ4n) is 3.94. The second-order valence-corrected chi connectivity index (χ2v) is 7.93. The average Bonchev–Trinajstić information content (AvgIpc) is 3.16. The van der Waals surface area contributed by atoms with Crippen LogP contribution in [0.25, 0.3) is 5.57 Å². The van der Waals surface area contributed by atoms with Crippen molar-refractivity contribution in [3.63, 3.8) is 0 Å². The molecule has 3 unspecified atom stereocenters. The molecule has 2 aliphatic rings. The number of carbonyl (C=O) groups is 1. The van der Waals surface area contributed by atoms with Gasteiger partial charge in [-0.05, 0) is 16.7 Å². The van der Waals surface area contributed by atoms with Crippen molar-refractivity contribution in [1.29, 1.82) is 0 Å². The molecule has 0 saturated heterocycles. The standard InChI is InChI=1S/C21H18F6N4O2/c1-10(17-16-18(31-30-17)29-15(32)8-19(16,33)21(25,26)27)11-3-2-4-12(7-11)13-5-6-14(28-9-13)20(22,23)24/h2-7,9-10,14,28,33H,8H2,1H3,(H2,29,30,31,32). The summed E-state index contributed by atoms with van der Waals surface area (Å²) in [6.07, 6.45) is -7.27. The van der Waals surface area contributed by atoms with Gasteiger partial charge in [0.2, 0.25) is 5.91 Å². The summed E-state index contributed by atoms with van der Waals surface area (Å²) in [5.41, 5.74) is -2.58. The van der Waals surface area contributed by atoms with Crippen molar-refractivity contribution in [3.8, 4) is 0 Å². The van der Waals surface area contributed by atoms with Crippen molar-refractivity contribution >= 4 is 17.3 Å². The van der Waals surface area contributed by atoms with E-state index in [1.54, 1.807) is 31.2 Å². The van der Waals surface area contributed by atoms with Crippen LogP contribution in [0.15, 0.2) is 42.6 Å². The van der Waals surface area contributed by atoms with E-state index in [1.165, 1.54) is 12.3 Å². The number of aromatic nitrogens is 2. The van der Waals surface area contributed by atoms with Gasteiger partial charge < -0.3 is 15.7 Å². The maximum atomic E-state index is 13.7. The summed E-state index contributed by atoms with van der Waals surface area (Å²) in [6.45, 7) is 1.58. The lowest BCUT2D eigenvalue weighted by atomic mass is 9.82. The van der Waals surface area contributed by atoms with Crippen molar-refractivity contribution in [1.82, 2.24) is 15.5 Å². The van der Waals surface area contributed by atoms with E-state index >= 15 is 0 Å². The Bertz CT molecular complexity index is 1150. The van der Waals surface area contributed by atoms with E-state index in [2.05, 4.69) is 20.8 Å². The van der Waals surface area contributed by atoms with E-state index in [-0.39, 0.29) is 11.5 Å². The normalized spacial score (nSPS) is 23.9. The van der Waals surface area contributed by atoms with Gasteiger partial charge in [0, 0.05) is 12.1 Å². The number of rotatable bonds is 3. The molecule has 1 amide bonds. The molecule has 0 bridgehead atoms. The highest BCUT2D eigenvalue weighted by molar-refractivity contribution is 5.94. The second-order valence-electron chi connectivity index (χ2n) is 7.93. The number of H-pyrrole nitrogens is 1. The van der Waals surface area contributed by atoms with Gasteiger partial charge in [0.25, 0.3) is 0 Å². The molecule has 1 aromatic carbocycles. The molecule has 0 saturated carbocycles. The monoisotopic (exact) mass is 472 g/mol. The molecular weight excluding hydrogens is 454 g/mol. The number of hydrogen-bond acceptors (Lipinski definition) is 4. The molecule has 4 rings (SSSR count). The Labute approximate surface area is 183 Å². The van der Waals surface area contributed by atoms with Crippen molar-refractivity contribution < 1.29 is 36.2 Å². The number of anilines is 1. The second kappa shape index (κ2) is 7.65. The maximum absolute atomic E-state index is 13.7. The van der Waals surface area contributed by atoms with Gasteiger partial charge in [-0.15, -0.1) is 0 Å². The minimum atomic E-state index is -5.13. The summed E-state index contributed by atoms with van der Waals surface area (Å²) in [5.74, 6) is -2.09. The highest BCUT2D eigenvalue weighted by Crippen LogP contribution is 2.49. The van der Waals surface area contributed by atoms with Crippen molar-refractivity contribution in [2.24, 2.45) is 0 Å². The quantitative estimate of drug-likeness (QED) is 0.507. The van der Waals surface area contributed by atoms with E-state index < -0.39 is 47.8 Å². The third kappa shape index (κ3) is 3.99. The molecule has 0 spiro atoms. The molecule has 1 aromatic heterocycles. The first-order valence-electron chi connectivity index (χ1n) is 9.80. The molecular formula is C21H18F6N4O2.